The first kappa shape index (κ1) is 20.7. The Labute approximate surface area is 187 Å². The Morgan fingerprint density at radius 2 is 1.74 bits per heavy atom. The maximum atomic E-state index is 13.1. The smallest absolute Gasteiger partial charge is 0.282 e. The van der Waals surface area contributed by atoms with Crippen LogP contribution in [-0.4, -0.2) is 21.6 Å². The fourth-order valence-corrected chi connectivity index (χ4v) is 3.24. The lowest BCUT2D eigenvalue weighted by Gasteiger charge is -2.09. The van der Waals surface area contributed by atoms with Crippen LogP contribution in [-0.2, 0) is 11.4 Å². The molecule has 0 aliphatic rings. The van der Waals surface area contributed by atoms with Crippen LogP contribution in [0.1, 0.15) is 23.9 Å². The van der Waals surface area contributed by atoms with Gasteiger partial charge in [0.2, 0.25) is 0 Å². The molecule has 7 heteroatoms. The molecule has 0 N–H and O–H groups in total. The summed E-state index contributed by atoms with van der Waals surface area (Å²) >= 11 is 3.41. The minimum atomic E-state index is -0.263. The molecule has 1 aromatic heterocycles. The molecule has 0 amide bonds. The quantitative estimate of drug-likeness (QED) is 0.292. The predicted octanol–water partition coefficient (Wildman–Crippen LogP) is 4.98. The summed E-state index contributed by atoms with van der Waals surface area (Å²) in [5, 5.41) is 9.05. The van der Waals surface area contributed by atoms with Gasteiger partial charge in [-0.3, -0.25) is 4.79 Å². The van der Waals surface area contributed by atoms with Crippen molar-refractivity contribution in [1.29, 1.82) is 0 Å². The van der Waals surface area contributed by atoms with E-state index in [2.05, 4.69) is 31.2 Å². The Morgan fingerprint density at radius 3 is 2.52 bits per heavy atom. The molecule has 31 heavy (non-hydrogen) atoms. The van der Waals surface area contributed by atoms with Crippen LogP contribution in [0.5, 0.6) is 0 Å². The van der Waals surface area contributed by atoms with E-state index in [0.29, 0.717) is 16.7 Å². The van der Waals surface area contributed by atoms with E-state index in [4.69, 9.17) is 4.84 Å². The number of benzene rings is 3. The van der Waals surface area contributed by atoms with Gasteiger partial charge in [-0.1, -0.05) is 75.7 Å². The Balaban J connectivity index is 1.67. The van der Waals surface area contributed by atoms with E-state index in [1.54, 1.807) is 24.4 Å². The fourth-order valence-electron chi connectivity index (χ4n) is 2.97. The van der Waals surface area contributed by atoms with E-state index in [1.807, 2.05) is 67.6 Å². The van der Waals surface area contributed by atoms with Gasteiger partial charge in [-0.25, -0.2) is 4.98 Å². The summed E-state index contributed by atoms with van der Waals surface area (Å²) in [6.07, 6.45) is 1.62. The van der Waals surface area contributed by atoms with Crippen molar-refractivity contribution in [3.05, 3.63) is 111 Å². The normalized spacial score (nSPS) is 11.9. The van der Waals surface area contributed by atoms with Crippen LogP contribution < -0.4 is 5.56 Å². The molecular weight excluding hydrogens is 456 g/mol. The number of nitrogens with zero attached hydrogens (tertiary/aromatic N) is 4. The minimum Gasteiger partial charge on any atom is -0.387 e. The molecule has 4 rings (SSSR count). The summed E-state index contributed by atoms with van der Waals surface area (Å²) in [4.78, 5) is 23.2. The molecule has 0 bridgehead atoms. The monoisotopic (exact) mass is 474 g/mol. The summed E-state index contributed by atoms with van der Waals surface area (Å²) in [5.41, 5.74) is 2.87. The van der Waals surface area contributed by atoms with Crippen LogP contribution in [0.2, 0.25) is 0 Å². The van der Waals surface area contributed by atoms with E-state index in [-0.39, 0.29) is 12.2 Å². The summed E-state index contributed by atoms with van der Waals surface area (Å²) in [5.74, 6) is 0.363. The first-order chi connectivity index (χ1) is 15.1. The van der Waals surface area contributed by atoms with Crippen molar-refractivity contribution in [2.75, 3.05) is 0 Å². The average Bonchev–Trinajstić information content (AvgIpc) is 2.80. The highest BCUT2D eigenvalue weighted by molar-refractivity contribution is 9.10. The lowest BCUT2D eigenvalue weighted by molar-refractivity contribution is 0.122. The summed E-state index contributed by atoms with van der Waals surface area (Å²) < 4.78 is 2.23. The van der Waals surface area contributed by atoms with Gasteiger partial charge in [-0.15, -0.1) is 0 Å². The predicted molar refractivity (Wildman–Crippen MR) is 127 cm³/mol. The van der Waals surface area contributed by atoms with E-state index in [0.717, 1.165) is 21.3 Å². The number of para-hydroxylation sites is 1. The lowest BCUT2D eigenvalue weighted by atomic mass is 10.1. The summed E-state index contributed by atoms with van der Waals surface area (Å²) in [7, 11) is 0. The van der Waals surface area contributed by atoms with Crippen molar-refractivity contribution >= 4 is 38.8 Å². The van der Waals surface area contributed by atoms with Crippen LogP contribution in [0.25, 0.3) is 10.9 Å². The molecule has 0 aliphatic carbocycles. The van der Waals surface area contributed by atoms with Gasteiger partial charge in [0.25, 0.3) is 5.56 Å². The standard InChI is InChI=1S/C24H19BrN4O2/c1-17(19-7-3-2-4-8-19)28-31-16-23-27-22-10-6-5-9-21(22)24(30)29(23)26-15-18-11-13-20(25)14-12-18/h2-15H,16H2,1H3/b26-15+,28-17+. The first-order valence-electron chi connectivity index (χ1n) is 9.64. The number of aromatic nitrogens is 2. The van der Waals surface area contributed by atoms with Gasteiger partial charge in [0, 0.05) is 4.47 Å². The summed E-state index contributed by atoms with van der Waals surface area (Å²) in [6, 6.07) is 24.5. The van der Waals surface area contributed by atoms with Gasteiger partial charge in [0.05, 0.1) is 22.8 Å². The van der Waals surface area contributed by atoms with Crippen LogP contribution in [0.15, 0.2) is 98.4 Å². The summed E-state index contributed by atoms with van der Waals surface area (Å²) in [6.45, 7) is 1.86. The molecule has 0 spiro atoms. The molecule has 154 valence electrons. The molecule has 0 fully saturated rings. The highest BCUT2D eigenvalue weighted by Crippen LogP contribution is 2.11. The van der Waals surface area contributed by atoms with Crippen LogP contribution >= 0.6 is 15.9 Å². The van der Waals surface area contributed by atoms with E-state index in [9.17, 15) is 4.79 Å². The third kappa shape index (κ3) is 4.95. The number of oxime groups is 1. The number of halogens is 1. The topological polar surface area (TPSA) is 68.8 Å². The first-order valence-corrected chi connectivity index (χ1v) is 10.4. The fraction of sp³-hybridized carbons (Fsp3) is 0.0833. The molecular formula is C24H19BrN4O2. The second-order valence-electron chi connectivity index (χ2n) is 6.77. The Hall–Kier alpha value is -3.58. The second kappa shape index (κ2) is 9.49. The van der Waals surface area contributed by atoms with E-state index in [1.165, 1.54) is 4.68 Å². The highest BCUT2D eigenvalue weighted by atomic mass is 79.9. The van der Waals surface area contributed by atoms with Gasteiger partial charge < -0.3 is 4.84 Å². The lowest BCUT2D eigenvalue weighted by Crippen LogP contribution is -2.22. The van der Waals surface area contributed by atoms with Crippen molar-refractivity contribution < 1.29 is 4.84 Å². The van der Waals surface area contributed by atoms with Crippen molar-refractivity contribution in [2.24, 2.45) is 10.3 Å². The van der Waals surface area contributed by atoms with Crippen molar-refractivity contribution in [3.63, 3.8) is 0 Å². The van der Waals surface area contributed by atoms with E-state index < -0.39 is 0 Å². The van der Waals surface area contributed by atoms with Crippen LogP contribution in [0.3, 0.4) is 0 Å². The minimum absolute atomic E-state index is 0.00191. The third-order valence-corrected chi connectivity index (χ3v) is 5.13. The van der Waals surface area contributed by atoms with Gasteiger partial charge in [0.15, 0.2) is 12.4 Å². The van der Waals surface area contributed by atoms with Gasteiger partial charge in [-0.2, -0.15) is 9.78 Å². The van der Waals surface area contributed by atoms with Crippen LogP contribution in [0, 0.1) is 0 Å². The van der Waals surface area contributed by atoms with E-state index >= 15 is 0 Å². The zero-order chi connectivity index (χ0) is 21.6. The highest BCUT2D eigenvalue weighted by Gasteiger charge is 2.11. The van der Waals surface area contributed by atoms with Gasteiger partial charge in [0.1, 0.15) is 0 Å². The molecule has 6 nitrogen and oxygen atoms in total. The van der Waals surface area contributed by atoms with Crippen LogP contribution in [0.4, 0.5) is 0 Å². The number of hydrogen-bond donors (Lipinski definition) is 0. The third-order valence-electron chi connectivity index (χ3n) is 4.60. The molecule has 0 saturated carbocycles. The second-order valence-corrected chi connectivity index (χ2v) is 7.69. The molecule has 0 atom stereocenters. The maximum absolute atomic E-state index is 13.1. The van der Waals surface area contributed by atoms with Crippen molar-refractivity contribution in [3.8, 4) is 0 Å². The van der Waals surface area contributed by atoms with Gasteiger partial charge >= 0.3 is 0 Å². The Morgan fingerprint density at radius 1 is 1.03 bits per heavy atom. The SMILES string of the molecule is C/C(=N\OCc1nc2ccccc2c(=O)n1/N=C/c1ccc(Br)cc1)c1ccccc1. The number of rotatable bonds is 6. The Kier molecular flexibility index (Phi) is 6.33. The molecule has 4 aromatic rings. The average molecular weight is 475 g/mol. The molecule has 3 aromatic carbocycles. The Bertz CT molecular complexity index is 1310. The zero-order valence-electron chi connectivity index (χ0n) is 16.8. The zero-order valence-corrected chi connectivity index (χ0v) is 18.4. The molecule has 1 heterocycles. The maximum Gasteiger partial charge on any atom is 0.282 e. The molecule has 0 saturated heterocycles. The molecule has 0 aliphatic heterocycles. The largest absolute Gasteiger partial charge is 0.387 e. The number of hydrogen-bond acceptors (Lipinski definition) is 5. The van der Waals surface area contributed by atoms with Crippen molar-refractivity contribution in [2.45, 2.75) is 13.5 Å². The molecule has 0 unspecified atom stereocenters. The van der Waals surface area contributed by atoms with Gasteiger partial charge in [-0.05, 0) is 42.3 Å². The molecule has 0 radical (unpaired) electrons. The number of fused-ring (bicyclic) bond motifs is 1. The van der Waals surface area contributed by atoms with Crippen molar-refractivity contribution in [1.82, 2.24) is 9.66 Å².